The van der Waals surface area contributed by atoms with Gasteiger partial charge < -0.3 is 4.90 Å². The van der Waals surface area contributed by atoms with Crippen molar-refractivity contribution in [2.45, 2.75) is 49.5 Å². The summed E-state index contributed by atoms with van der Waals surface area (Å²) in [5.41, 5.74) is 0. The minimum absolute atomic E-state index is 0.0596. The monoisotopic (exact) mass is 287 g/mol. The van der Waals surface area contributed by atoms with Gasteiger partial charge in [-0.15, -0.1) is 6.58 Å². The second kappa shape index (κ2) is 7.39. The van der Waals surface area contributed by atoms with Crippen LogP contribution in [-0.4, -0.2) is 38.7 Å². The number of thiocarbonyl (C=S) groups is 1. The van der Waals surface area contributed by atoms with E-state index < -0.39 is 10.8 Å². The van der Waals surface area contributed by atoms with Crippen molar-refractivity contribution >= 4 is 28.0 Å². The van der Waals surface area contributed by atoms with E-state index in [1.165, 1.54) is 19.3 Å². The first-order valence-corrected chi connectivity index (χ1v) is 8.40. The van der Waals surface area contributed by atoms with Gasteiger partial charge in [-0.2, -0.15) is 0 Å². The lowest BCUT2D eigenvalue weighted by Gasteiger charge is -2.31. The van der Waals surface area contributed by atoms with Gasteiger partial charge in [0, 0.05) is 30.1 Å². The number of allylic oxidation sites excluding steroid dienone is 1. The maximum Gasteiger partial charge on any atom is 0.0938 e. The van der Waals surface area contributed by atoms with E-state index in [1.807, 2.05) is 25.1 Å². The van der Waals surface area contributed by atoms with Crippen molar-refractivity contribution in [1.29, 1.82) is 0 Å². The standard InChI is InChI=1S/C14H25NOS2/c1-5-11(2)13(14(17)15(3)4)18(16)12-9-7-6-8-10-12/h5,11-13H,1,6-10H2,2-4H3/t11-,13-,18?/m0/s1. The first-order valence-electron chi connectivity index (χ1n) is 6.72. The molecule has 18 heavy (non-hydrogen) atoms. The Bertz CT molecular complexity index is 322. The van der Waals surface area contributed by atoms with Crippen LogP contribution in [-0.2, 0) is 10.8 Å². The number of hydrogen-bond donors (Lipinski definition) is 0. The van der Waals surface area contributed by atoms with E-state index in [9.17, 15) is 4.21 Å². The van der Waals surface area contributed by atoms with Gasteiger partial charge in [0.05, 0.1) is 10.2 Å². The van der Waals surface area contributed by atoms with E-state index in [4.69, 9.17) is 12.2 Å². The topological polar surface area (TPSA) is 20.3 Å². The highest BCUT2D eigenvalue weighted by molar-refractivity contribution is 7.90. The Hall–Kier alpha value is -0.220. The van der Waals surface area contributed by atoms with E-state index >= 15 is 0 Å². The molecule has 1 aliphatic rings. The molecular weight excluding hydrogens is 262 g/mol. The molecule has 1 aliphatic carbocycles. The van der Waals surface area contributed by atoms with Gasteiger partial charge in [-0.05, 0) is 18.8 Å². The Labute approximate surface area is 119 Å². The van der Waals surface area contributed by atoms with Gasteiger partial charge in [0.2, 0.25) is 0 Å². The largest absolute Gasteiger partial charge is 0.371 e. The van der Waals surface area contributed by atoms with Crippen LogP contribution in [0.2, 0.25) is 0 Å². The van der Waals surface area contributed by atoms with Crippen LogP contribution in [0.5, 0.6) is 0 Å². The molecule has 1 rings (SSSR count). The Kier molecular flexibility index (Phi) is 6.50. The smallest absolute Gasteiger partial charge is 0.0938 e. The lowest BCUT2D eigenvalue weighted by Crippen LogP contribution is -2.42. The summed E-state index contributed by atoms with van der Waals surface area (Å²) < 4.78 is 12.8. The molecule has 0 bridgehead atoms. The normalized spacial score (nSPS) is 21.9. The maximum absolute atomic E-state index is 12.8. The molecule has 2 nitrogen and oxygen atoms in total. The fourth-order valence-electron chi connectivity index (χ4n) is 2.42. The summed E-state index contributed by atoms with van der Waals surface area (Å²) in [7, 11) is 2.99. The predicted molar refractivity (Wildman–Crippen MR) is 84.4 cm³/mol. The molecule has 1 saturated carbocycles. The van der Waals surface area contributed by atoms with Crippen LogP contribution in [0.25, 0.3) is 0 Å². The Morgan fingerprint density at radius 1 is 1.39 bits per heavy atom. The fourth-order valence-corrected chi connectivity index (χ4v) is 5.07. The summed E-state index contributed by atoms with van der Waals surface area (Å²) in [6, 6.07) is 0. The van der Waals surface area contributed by atoms with Crippen molar-refractivity contribution in [2.75, 3.05) is 14.1 Å². The van der Waals surface area contributed by atoms with Crippen LogP contribution >= 0.6 is 12.2 Å². The molecule has 0 amide bonds. The zero-order chi connectivity index (χ0) is 13.7. The van der Waals surface area contributed by atoms with Gasteiger partial charge in [-0.25, -0.2) is 0 Å². The third-order valence-corrected chi connectivity index (χ3v) is 6.71. The van der Waals surface area contributed by atoms with Crippen LogP contribution in [0.3, 0.4) is 0 Å². The fraction of sp³-hybridized carbons (Fsp3) is 0.786. The van der Waals surface area contributed by atoms with Gasteiger partial charge in [0.25, 0.3) is 0 Å². The summed E-state index contributed by atoms with van der Waals surface area (Å²) in [4.78, 5) is 2.71. The van der Waals surface area contributed by atoms with Crippen molar-refractivity contribution in [3.8, 4) is 0 Å². The number of hydrogen-bond acceptors (Lipinski definition) is 2. The molecule has 0 aromatic heterocycles. The Balaban J connectivity index is 2.84. The van der Waals surface area contributed by atoms with E-state index in [2.05, 4.69) is 13.5 Å². The maximum atomic E-state index is 12.8. The predicted octanol–water partition coefficient (Wildman–Crippen LogP) is 3.15. The number of nitrogens with zero attached hydrogens (tertiary/aromatic N) is 1. The lowest BCUT2D eigenvalue weighted by molar-refractivity contribution is 0.499. The molecule has 0 aromatic rings. The molecular formula is C14H25NOS2. The quantitative estimate of drug-likeness (QED) is 0.572. The number of rotatable bonds is 5. The van der Waals surface area contributed by atoms with Gasteiger partial charge in [-0.1, -0.05) is 44.5 Å². The summed E-state index contributed by atoms with van der Waals surface area (Å²) >= 11 is 5.47. The van der Waals surface area contributed by atoms with Crippen molar-refractivity contribution in [1.82, 2.24) is 4.90 Å². The van der Waals surface area contributed by atoms with Gasteiger partial charge in [0.1, 0.15) is 0 Å². The average Bonchev–Trinajstić information content (AvgIpc) is 2.39. The molecule has 104 valence electrons. The molecule has 0 saturated heterocycles. The Morgan fingerprint density at radius 3 is 2.39 bits per heavy atom. The summed E-state index contributed by atoms with van der Waals surface area (Å²) in [5.74, 6) is 0.169. The molecule has 0 radical (unpaired) electrons. The molecule has 0 aliphatic heterocycles. The molecule has 1 unspecified atom stereocenters. The van der Waals surface area contributed by atoms with Crippen molar-refractivity contribution in [3.63, 3.8) is 0 Å². The molecule has 4 heteroatoms. The van der Waals surface area contributed by atoms with E-state index in [0.717, 1.165) is 17.8 Å². The Morgan fingerprint density at radius 2 is 1.94 bits per heavy atom. The SMILES string of the molecule is C=C[C@H](C)[C@@H](C(=S)N(C)C)S(=O)C1CCCCC1. The third kappa shape index (κ3) is 3.89. The zero-order valence-corrected chi connectivity index (χ0v) is 13.4. The molecule has 1 fully saturated rings. The molecule has 0 aromatic carbocycles. The van der Waals surface area contributed by atoms with Crippen molar-refractivity contribution < 1.29 is 4.21 Å². The van der Waals surface area contributed by atoms with Crippen LogP contribution < -0.4 is 0 Å². The van der Waals surface area contributed by atoms with Crippen LogP contribution in [0.1, 0.15) is 39.0 Å². The van der Waals surface area contributed by atoms with E-state index in [-0.39, 0.29) is 11.2 Å². The second-order valence-corrected chi connectivity index (χ2v) is 7.59. The van der Waals surface area contributed by atoms with Crippen LogP contribution in [0.4, 0.5) is 0 Å². The molecule has 0 heterocycles. The van der Waals surface area contributed by atoms with E-state index in [0.29, 0.717) is 5.25 Å². The zero-order valence-electron chi connectivity index (χ0n) is 11.7. The lowest BCUT2D eigenvalue weighted by atomic mass is 10.0. The second-order valence-electron chi connectivity index (χ2n) is 5.34. The third-order valence-electron chi connectivity index (χ3n) is 3.66. The van der Waals surface area contributed by atoms with Crippen molar-refractivity contribution in [3.05, 3.63) is 12.7 Å². The van der Waals surface area contributed by atoms with Gasteiger partial charge in [0.15, 0.2) is 0 Å². The highest BCUT2D eigenvalue weighted by Crippen LogP contribution is 2.27. The highest BCUT2D eigenvalue weighted by Gasteiger charge is 2.33. The van der Waals surface area contributed by atoms with Crippen molar-refractivity contribution in [2.24, 2.45) is 5.92 Å². The summed E-state index contributed by atoms with van der Waals surface area (Å²) in [6.07, 6.45) is 7.75. The van der Waals surface area contributed by atoms with Gasteiger partial charge >= 0.3 is 0 Å². The molecule has 3 atom stereocenters. The molecule has 0 N–H and O–H groups in total. The minimum Gasteiger partial charge on any atom is -0.371 e. The minimum atomic E-state index is -0.879. The molecule has 0 spiro atoms. The highest BCUT2D eigenvalue weighted by atomic mass is 32.2. The summed E-state index contributed by atoms with van der Waals surface area (Å²) in [5, 5.41) is 0.264. The van der Waals surface area contributed by atoms with Crippen LogP contribution in [0, 0.1) is 5.92 Å². The van der Waals surface area contributed by atoms with Gasteiger partial charge in [-0.3, -0.25) is 4.21 Å². The first kappa shape index (κ1) is 15.8. The van der Waals surface area contributed by atoms with Crippen LogP contribution in [0.15, 0.2) is 12.7 Å². The summed E-state index contributed by atoms with van der Waals surface area (Å²) in [6.45, 7) is 5.90. The average molecular weight is 287 g/mol. The first-order chi connectivity index (χ1) is 8.49. The van der Waals surface area contributed by atoms with E-state index in [1.54, 1.807) is 0 Å².